The minimum atomic E-state index is 0.399. The van der Waals surface area contributed by atoms with E-state index in [1.54, 1.807) is 0 Å². The summed E-state index contributed by atoms with van der Waals surface area (Å²) in [5, 5.41) is 7.09. The van der Waals surface area contributed by atoms with Gasteiger partial charge in [-0.2, -0.15) is 0 Å². The topological polar surface area (TPSA) is 42.5 Å². The van der Waals surface area contributed by atoms with E-state index < -0.39 is 0 Å². The highest BCUT2D eigenvalue weighted by Crippen LogP contribution is 2.21. The largest absolute Gasteiger partial charge is 0.471 e. The Balaban J connectivity index is 2.42. The van der Waals surface area contributed by atoms with Gasteiger partial charge in [0, 0.05) is 11.4 Å². The molecule has 1 aromatic rings. The molecule has 0 unspecified atom stereocenters. The van der Waals surface area contributed by atoms with Gasteiger partial charge in [0.1, 0.15) is 0 Å². The summed E-state index contributed by atoms with van der Waals surface area (Å²) in [6, 6.07) is 5.95. The third-order valence-electron chi connectivity index (χ3n) is 4.18. The van der Waals surface area contributed by atoms with Gasteiger partial charge >= 0.3 is 0 Å². The van der Waals surface area contributed by atoms with Crippen LogP contribution in [-0.4, -0.2) is 23.6 Å². The number of hydrogen-bond donors (Lipinski definition) is 2. The summed E-state index contributed by atoms with van der Waals surface area (Å²) in [6.45, 7) is 7.72. The quantitative estimate of drug-likeness (QED) is 0.299. The van der Waals surface area contributed by atoms with Crippen LogP contribution >= 0.6 is 24.4 Å². The fourth-order valence-corrected chi connectivity index (χ4v) is 2.92. The van der Waals surface area contributed by atoms with Gasteiger partial charge < -0.3 is 20.1 Å². The normalized spacial score (nSPS) is 10.3. The monoisotopic (exact) mass is 410 g/mol. The van der Waals surface area contributed by atoms with E-state index in [1.165, 1.54) is 38.5 Å². The molecule has 6 heteroatoms. The molecule has 0 radical (unpaired) electrons. The predicted molar refractivity (Wildman–Crippen MR) is 124 cm³/mol. The van der Waals surface area contributed by atoms with Crippen LogP contribution in [0.2, 0.25) is 0 Å². The molecule has 152 valence electrons. The standard InChI is InChI=1S/C21H34N2O2S2/c1-4-6-8-10-14-24-20(26)22-18-13-12-17(3)19(16-18)23-21(27)25-15-11-9-7-5-2/h12-13,16H,4-11,14-15H2,1-3H3,(H,22,26)(H,23,27). The zero-order chi connectivity index (χ0) is 19.9. The number of unbranched alkanes of at least 4 members (excludes halogenated alkanes) is 6. The Bertz CT molecular complexity index is 579. The maximum atomic E-state index is 5.60. The molecule has 1 aromatic carbocycles. The molecule has 0 aliphatic heterocycles. The maximum Gasteiger partial charge on any atom is 0.261 e. The van der Waals surface area contributed by atoms with E-state index in [0.717, 1.165) is 29.8 Å². The smallest absolute Gasteiger partial charge is 0.261 e. The first kappa shape index (κ1) is 23.6. The number of rotatable bonds is 12. The summed E-state index contributed by atoms with van der Waals surface area (Å²) in [7, 11) is 0. The van der Waals surface area contributed by atoms with Gasteiger partial charge in [-0.25, -0.2) is 0 Å². The molecule has 0 aromatic heterocycles. The molecule has 0 bridgehead atoms. The Labute approximate surface area is 175 Å². The summed E-state index contributed by atoms with van der Waals surface area (Å²) in [6.07, 6.45) is 9.30. The molecule has 27 heavy (non-hydrogen) atoms. The number of thiocarbonyl (C=S) groups is 2. The van der Waals surface area contributed by atoms with Gasteiger partial charge in [-0.15, -0.1) is 0 Å². The number of ether oxygens (including phenoxy) is 2. The Morgan fingerprint density at radius 2 is 1.37 bits per heavy atom. The predicted octanol–water partition coefficient (Wildman–Crippen LogP) is 6.58. The molecule has 0 heterocycles. The Morgan fingerprint density at radius 3 is 1.93 bits per heavy atom. The second-order valence-electron chi connectivity index (χ2n) is 6.67. The van der Waals surface area contributed by atoms with Gasteiger partial charge in [-0.1, -0.05) is 58.4 Å². The van der Waals surface area contributed by atoms with Crippen LogP contribution < -0.4 is 10.6 Å². The van der Waals surface area contributed by atoms with Crippen LogP contribution in [0.25, 0.3) is 0 Å². The van der Waals surface area contributed by atoms with Gasteiger partial charge in [0.05, 0.1) is 13.2 Å². The summed E-state index contributed by atoms with van der Waals surface area (Å²) in [5.41, 5.74) is 2.86. The fourth-order valence-electron chi connectivity index (χ4n) is 2.52. The molecule has 0 atom stereocenters. The highest BCUT2D eigenvalue weighted by Gasteiger charge is 2.06. The van der Waals surface area contributed by atoms with Gasteiger partial charge in [-0.3, -0.25) is 0 Å². The van der Waals surface area contributed by atoms with E-state index in [0.29, 0.717) is 23.6 Å². The van der Waals surface area contributed by atoms with Crippen molar-refractivity contribution in [2.75, 3.05) is 23.8 Å². The van der Waals surface area contributed by atoms with Crippen LogP contribution in [0.4, 0.5) is 11.4 Å². The minimum absolute atomic E-state index is 0.399. The lowest BCUT2D eigenvalue weighted by Crippen LogP contribution is -2.16. The van der Waals surface area contributed by atoms with Gasteiger partial charge in [0.15, 0.2) is 0 Å². The second kappa shape index (κ2) is 14.6. The van der Waals surface area contributed by atoms with E-state index in [9.17, 15) is 0 Å². The number of hydrogen-bond acceptors (Lipinski definition) is 4. The molecule has 0 fully saturated rings. The molecule has 2 N–H and O–H groups in total. The van der Waals surface area contributed by atoms with Crippen molar-refractivity contribution in [3.8, 4) is 0 Å². The van der Waals surface area contributed by atoms with E-state index in [2.05, 4.69) is 24.5 Å². The van der Waals surface area contributed by atoms with Crippen LogP contribution in [0.15, 0.2) is 18.2 Å². The molecule has 4 nitrogen and oxygen atoms in total. The SMILES string of the molecule is CCCCCCOC(=S)Nc1ccc(C)c(NC(=S)OCCCCCC)c1. The van der Waals surface area contributed by atoms with E-state index in [-0.39, 0.29) is 0 Å². The van der Waals surface area contributed by atoms with Crippen molar-refractivity contribution in [1.82, 2.24) is 0 Å². The van der Waals surface area contributed by atoms with Crippen molar-refractivity contribution >= 4 is 46.2 Å². The number of benzene rings is 1. The summed E-state index contributed by atoms with van der Waals surface area (Å²) in [4.78, 5) is 0. The number of anilines is 2. The van der Waals surface area contributed by atoms with Crippen molar-refractivity contribution in [1.29, 1.82) is 0 Å². The lowest BCUT2D eigenvalue weighted by Gasteiger charge is -2.14. The summed E-state index contributed by atoms with van der Waals surface area (Å²) >= 11 is 10.6. The maximum absolute atomic E-state index is 5.60. The van der Waals surface area contributed by atoms with E-state index >= 15 is 0 Å². The molecule has 0 saturated carbocycles. The Hall–Kier alpha value is -1.40. The summed E-state index contributed by atoms with van der Waals surface area (Å²) in [5.74, 6) is 0. The van der Waals surface area contributed by atoms with Crippen LogP contribution in [0.5, 0.6) is 0 Å². The molecule has 0 aliphatic carbocycles. The highest BCUT2D eigenvalue weighted by atomic mass is 32.1. The first-order valence-electron chi connectivity index (χ1n) is 10.0. The fraction of sp³-hybridized carbons (Fsp3) is 0.619. The van der Waals surface area contributed by atoms with Crippen molar-refractivity contribution in [2.24, 2.45) is 0 Å². The molecule has 0 spiro atoms. The van der Waals surface area contributed by atoms with Gasteiger partial charge in [-0.05, 0) is 61.9 Å². The van der Waals surface area contributed by atoms with Crippen molar-refractivity contribution in [3.05, 3.63) is 23.8 Å². The van der Waals surface area contributed by atoms with Crippen LogP contribution in [-0.2, 0) is 9.47 Å². The molecular formula is C21H34N2O2S2. The molecule has 0 amide bonds. The lowest BCUT2D eigenvalue weighted by atomic mass is 10.2. The lowest BCUT2D eigenvalue weighted by molar-refractivity contribution is 0.299. The Kier molecular flexibility index (Phi) is 12.8. The second-order valence-corrected chi connectivity index (χ2v) is 7.41. The molecule has 0 saturated heterocycles. The number of aryl methyl sites for hydroxylation is 1. The Morgan fingerprint density at radius 1 is 0.815 bits per heavy atom. The third-order valence-corrected chi connectivity index (χ3v) is 4.62. The molecule has 0 aliphatic rings. The van der Waals surface area contributed by atoms with Crippen molar-refractivity contribution < 1.29 is 9.47 Å². The van der Waals surface area contributed by atoms with E-state index in [4.69, 9.17) is 33.9 Å². The third kappa shape index (κ3) is 11.1. The van der Waals surface area contributed by atoms with Gasteiger partial charge in [0.25, 0.3) is 10.3 Å². The van der Waals surface area contributed by atoms with Gasteiger partial charge in [0.2, 0.25) is 0 Å². The average Bonchev–Trinajstić information content (AvgIpc) is 2.64. The number of nitrogens with one attached hydrogen (secondary N) is 2. The zero-order valence-corrected chi connectivity index (χ0v) is 18.6. The molecular weight excluding hydrogens is 376 g/mol. The highest BCUT2D eigenvalue weighted by molar-refractivity contribution is 7.80. The minimum Gasteiger partial charge on any atom is -0.471 e. The van der Waals surface area contributed by atoms with Crippen LogP contribution in [0.1, 0.15) is 70.8 Å². The molecule has 1 rings (SSSR count). The van der Waals surface area contributed by atoms with Crippen molar-refractivity contribution in [3.63, 3.8) is 0 Å². The van der Waals surface area contributed by atoms with Crippen molar-refractivity contribution in [2.45, 2.75) is 72.1 Å². The summed E-state index contributed by atoms with van der Waals surface area (Å²) < 4.78 is 11.2. The van der Waals surface area contributed by atoms with E-state index in [1.807, 2.05) is 25.1 Å². The van der Waals surface area contributed by atoms with Crippen LogP contribution in [0, 0.1) is 6.92 Å². The zero-order valence-electron chi connectivity index (χ0n) is 16.9. The van der Waals surface area contributed by atoms with Crippen LogP contribution in [0.3, 0.4) is 0 Å². The average molecular weight is 411 g/mol. The first-order chi connectivity index (χ1) is 13.1. The first-order valence-corrected chi connectivity index (χ1v) is 10.9.